The van der Waals surface area contributed by atoms with Gasteiger partial charge in [-0.25, -0.2) is 0 Å². The molecule has 1 atom stereocenters. The minimum Gasteiger partial charge on any atom is -0.340 e. The molecule has 3 aromatic carbocycles. The number of amides is 3. The van der Waals surface area contributed by atoms with Gasteiger partial charge in [-0.3, -0.25) is 14.4 Å². The molecule has 33 heavy (non-hydrogen) atoms. The maximum atomic E-state index is 13.3. The van der Waals surface area contributed by atoms with Gasteiger partial charge in [0, 0.05) is 24.7 Å². The Morgan fingerprint density at radius 2 is 1.45 bits per heavy atom. The zero-order valence-electron chi connectivity index (χ0n) is 19.0. The van der Waals surface area contributed by atoms with Crippen LogP contribution in [0, 0.1) is 0 Å². The standard InChI is InChI=1S/C27H29N3O3/c1-3-21-14-10-11-17-23(21)28-25(31)19-30(2)27(33)24(18-20-12-6-4-7-13-20)29-26(32)22-15-8-5-9-16-22/h4-17,24H,3,18-19H2,1-2H3,(H,28,31)(H,29,32). The second-order valence-electron chi connectivity index (χ2n) is 7.83. The number of nitrogens with one attached hydrogen (secondary N) is 2. The molecule has 6 nitrogen and oxygen atoms in total. The Hall–Kier alpha value is -3.93. The average molecular weight is 444 g/mol. The van der Waals surface area contributed by atoms with Gasteiger partial charge in [0.05, 0.1) is 6.54 Å². The van der Waals surface area contributed by atoms with Crippen molar-refractivity contribution in [2.24, 2.45) is 0 Å². The van der Waals surface area contributed by atoms with Crippen molar-refractivity contribution in [1.82, 2.24) is 10.2 Å². The van der Waals surface area contributed by atoms with Gasteiger partial charge >= 0.3 is 0 Å². The predicted molar refractivity (Wildman–Crippen MR) is 130 cm³/mol. The van der Waals surface area contributed by atoms with E-state index in [9.17, 15) is 14.4 Å². The van der Waals surface area contributed by atoms with E-state index in [1.165, 1.54) is 4.90 Å². The second kappa shape index (κ2) is 11.6. The van der Waals surface area contributed by atoms with Crippen LogP contribution in [0.25, 0.3) is 0 Å². The average Bonchev–Trinajstić information content (AvgIpc) is 2.84. The monoisotopic (exact) mass is 443 g/mol. The molecule has 3 rings (SSSR count). The number of benzene rings is 3. The summed E-state index contributed by atoms with van der Waals surface area (Å²) in [5.41, 5.74) is 3.15. The zero-order valence-corrected chi connectivity index (χ0v) is 19.0. The summed E-state index contributed by atoms with van der Waals surface area (Å²) in [6.45, 7) is 1.90. The van der Waals surface area contributed by atoms with Crippen molar-refractivity contribution in [3.8, 4) is 0 Å². The number of aryl methyl sites for hydroxylation is 1. The molecule has 3 aromatic rings. The summed E-state index contributed by atoms with van der Waals surface area (Å²) in [5, 5.41) is 5.72. The lowest BCUT2D eigenvalue weighted by Gasteiger charge is -2.25. The lowest BCUT2D eigenvalue weighted by Crippen LogP contribution is -2.50. The van der Waals surface area contributed by atoms with Crippen molar-refractivity contribution in [1.29, 1.82) is 0 Å². The van der Waals surface area contributed by atoms with Gasteiger partial charge in [0.1, 0.15) is 6.04 Å². The number of carbonyl (C=O) groups excluding carboxylic acids is 3. The Bertz CT molecular complexity index is 1080. The van der Waals surface area contributed by atoms with Crippen LogP contribution in [0.2, 0.25) is 0 Å². The molecule has 0 saturated heterocycles. The smallest absolute Gasteiger partial charge is 0.251 e. The summed E-state index contributed by atoms with van der Waals surface area (Å²) in [6, 6.07) is 25.0. The van der Waals surface area contributed by atoms with E-state index in [4.69, 9.17) is 0 Å². The molecule has 0 spiro atoms. The molecule has 0 aromatic heterocycles. The van der Waals surface area contributed by atoms with Crippen LogP contribution in [0.5, 0.6) is 0 Å². The molecule has 0 saturated carbocycles. The first-order chi connectivity index (χ1) is 16.0. The Morgan fingerprint density at radius 3 is 2.12 bits per heavy atom. The number of anilines is 1. The molecule has 6 heteroatoms. The summed E-state index contributed by atoms with van der Waals surface area (Å²) < 4.78 is 0. The molecule has 0 aliphatic carbocycles. The normalized spacial score (nSPS) is 11.3. The van der Waals surface area contributed by atoms with E-state index in [0.29, 0.717) is 12.0 Å². The SMILES string of the molecule is CCc1ccccc1NC(=O)CN(C)C(=O)C(Cc1ccccc1)NC(=O)c1ccccc1. The predicted octanol–water partition coefficient (Wildman–Crippen LogP) is 3.69. The molecule has 0 aliphatic heterocycles. The first-order valence-corrected chi connectivity index (χ1v) is 11.0. The molecule has 3 amide bonds. The fourth-order valence-electron chi connectivity index (χ4n) is 3.58. The lowest BCUT2D eigenvalue weighted by molar-refractivity contribution is -0.135. The Labute approximate surface area is 194 Å². The largest absolute Gasteiger partial charge is 0.340 e. The van der Waals surface area contributed by atoms with Crippen LogP contribution in [-0.2, 0) is 22.4 Å². The van der Waals surface area contributed by atoms with E-state index in [2.05, 4.69) is 10.6 Å². The number of rotatable bonds is 9. The fraction of sp³-hybridized carbons (Fsp3) is 0.222. The van der Waals surface area contributed by atoms with Gasteiger partial charge in [-0.15, -0.1) is 0 Å². The first-order valence-electron chi connectivity index (χ1n) is 11.0. The highest BCUT2D eigenvalue weighted by Crippen LogP contribution is 2.15. The topological polar surface area (TPSA) is 78.5 Å². The van der Waals surface area contributed by atoms with Crippen molar-refractivity contribution in [3.05, 3.63) is 102 Å². The molecular weight excluding hydrogens is 414 g/mol. The molecule has 0 bridgehead atoms. The van der Waals surface area contributed by atoms with Crippen molar-refractivity contribution < 1.29 is 14.4 Å². The van der Waals surface area contributed by atoms with E-state index < -0.39 is 6.04 Å². The quantitative estimate of drug-likeness (QED) is 0.530. The van der Waals surface area contributed by atoms with Gasteiger partial charge < -0.3 is 15.5 Å². The van der Waals surface area contributed by atoms with Gasteiger partial charge in [0.15, 0.2) is 0 Å². The van der Waals surface area contributed by atoms with Crippen molar-refractivity contribution in [3.63, 3.8) is 0 Å². The highest BCUT2D eigenvalue weighted by atomic mass is 16.2. The lowest BCUT2D eigenvalue weighted by atomic mass is 10.0. The van der Waals surface area contributed by atoms with E-state index in [1.54, 1.807) is 31.3 Å². The third-order valence-electron chi connectivity index (χ3n) is 5.35. The zero-order chi connectivity index (χ0) is 23.6. The van der Waals surface area contributed by atoms with E-state index in [-0.39, 0.29) is 24.3 Å². The van der Waals surface area contributed by atoms with Crippen molar-refractivity contribution in [2.75, 3.05) is 18.9 Å². The summed E-state index contributed by atoms with van der Waals surface area (Å²) >= 11 is 0. The molecular formula is C27H29N3O3. The number of carbonyl (C=O) groups is 3. The van der Waals surface area contributed by atoms with Gasteiger partial charge in [0.25, 0.3) is 5.91 Å². The van der Waals surface area contributed by atoms with Crippen LogP contribution in [0.4, 0.5) is 5.69 Å². The van der Waals surface area contributed by atoms with E-state index in [1.807, 2.05) is 67.6 Å². The van der Waals surface area contributed by atoms with Crippen LogP contribution in [0.1, 0.15) is 28.4 Å². The summed E-state index contributed by atoms with van der Waals surface area (Å²) in [6.07, 6.45) is 1.11. The molecule has 170 valence electrons. The highest BCUT2D eigenvalue weighted by molar-refractivity contribution is 5.99. The Balaban J connectivity index is 1.71. The van der Waals surface area contributed by atoms with Crippen LogP contribution < -0.4 is 10.6 Å². The van der Waals surface area contributed by atoms with Gasteiger partial charge in [0.2, 0.25) is 11.8 Å². The van der Waals surface area contributed by atoms with Gasteiger partial charge in [-0.05, 0) is 35.7 Å². The molecule has 0 fully saturated rings. The van der Waals surface area contributed by atoms with Crippen molar-refractivity contribution >= 4 is 23.4 Å². The molecule has 0 aliphatic rings. The van der Waals surface area contributed by atoms with Gasteiger partial charge in [-0.2, -0.15) is 0 Å². The third-order valence-corrected chi connectivity index (χ3v) is 5.35. The third kappa shape index (κ3) is 6.77. The summed E-state index contributed by atoms with van der Waals surface area (Å²) in [4.78, 5) is 40.0. The van der Waals surface area contributed by atoms with Crippen LogP contribution in [-0.4, -0.2) is 42.3 Å². The minimum atomic E-state index is -0.805. The van der Waals surface area contributed by atoms with E-state index >= 15 is 0 Å². The molecule has 0 heterocycles. The van der Waals surface area contributed by atoms with E-state index in [0.717, 1.165) is 23.2 Å². The number of nitrogens with zero attached hydrogens (tertiary/aromatic N) is 1. The maximum absolute atomic E-state index is 13.3. The van der Waals surface area contributed by atoms with Crippen LogP contribution >= 0.6 is 0 Å². The number of para-hydroxylation sites is 1. The maximum Gasteiger partial charge on any atom is 0.251 e. The summed E-state index contributed by atoms with van der Waals surface area (Å²) in [5.74, 6) is -0.957. The van der Waals surface area contributed by atoms with Crippen LogP contribution in [0.15, 0.2) is 84.9 Å². The molecule has 2 N–H and O–H groups in total. The number of likely N-dealkylation sites (N-methyl/N-ethyl adjacent to an activating group) is 1. The minimum absolute atomic E-state index is 0.122. The highest BCUT2D eigenvalue weighted by Gasteiger charge is 2.26. The number of hydrogen-bond donors (Lipinski definition) is 2. The summed E-state index contributed by atoms with van der Waals surface area (Å²) in [7, 11) is 1.57. The van der Waals surface area contributed by atoms with Gasteiger partial charge in [-0.1, -0.05) is 73.7 Å². The first kappa shape index (κ1) is 23.7. The molecule has 0 radical (unpaired) electrons. The second-order valence-corrected chi connectivity index (χ2v) is 7.83. The van der Waals surface area contributed by atoms with Crippen molar-refractivity contribution in [2.45, 2.75) is 25.8 Å². The Kier molecular flexibility index (Phi) is 8.36. The Morgan fingerprint density at radius 1 is 0.848 bits per heavy atom. The fourth-order valence-corrected chi connectivity index (χ4v) is 3.58. The number of hydrogen-bond acceptors (Lipinski definition) is 3. The van der Waals surface area contributed by atoms with Crippen LogP contribution in [0.3, 0.4) is 0 Å². The molecule has 1 unspecified atom stereocenters.